The van der Waals surface area contributed by atoms with E-state index in [2.05, 4.69) is 4.98 Å². The molecule has 3 aromatic rings. The Hall–Kier alpha value is -2.69. The Bertz CT molecular complexity index is 982. The monoisotopic (exact) mass is 385 g/mol. The Morgan fingerprint density at radius 3 is 2.39 bits per heavy atom. The first-order chi connectivity index (χ1) is 13.2. The Labute approximate surface area is 162 Å². The maximum atomic E-state index is 13.9. The van der Waals surface area contributed by atoms with Crippen LogP contribution in [0.5, 0.6) is 0 Å². The third-order valence-corrected chi connectivity index (χ3v) is 4.89. The van der Waals surface area contributed by atoms with Gasteiger partial charge in [-0.3, -0.25) is 9.78 Å². The highest BCUT2D eigenvalue weighted by Gasteiger charge is 2.41. The van der Waals surface area contributed by atoms with Gasteiger partial charge in [0.2, 0.25) is 5.92 Å². The van der Waals surface area contributed by atoms with Gasteiger partial charge in [-0.15, -0.1) is 0 Å². The lowest BCUT2D eigenvalue weighted by atomic mass is 9.73. The molecule has 0 saturated carbocycles. The number of hydrogen-bond donors (Lipinski definition) is 0. The lowest BCUT2D eigenvalue weighted by molar-refractivity contribution is -0.132. The van der Waals surface area contributed by atoms with Gasteiger partial charge in [-0.1, -0.05) is 49.4 Å². The van der Waals surface area contributed by atoms with Crippen LogP contribution in [0.3, 0.4) is 0 Å². The molecule has 0 spiro atoms. The second-order valence-corrected chi connectivity index (χ2v) is 7.73. The van der Waals surface area contributed by atoms with Crippen LogP contribution in [-0.2, 0) is 17.6 Å². The number of nitrogens with zero attached hydrogens (tertiary/aromatic N) is 1. The van der Waals surface area contributed by atoms with E-state index in [-0.39, 0.29) is 24.1 Å². The second-order valence-electron chi connectivity index (χ2n) is 7.73. The van der Waals surface area contributed by atoms with Crippen LogP contribution >= 0.6 is 0 Å². The molecule has 3 rings (SSSR count). The molecule has 1 atom stereocenters. The number of carbonyl (C=O) groups excluding carboxylic acids is 1. The molecule has 0 amide bonds. The van der Waals surface area contributed by atoms with Crippen LogP contribution in [-0.4, -0.2) is 16.7 Å². The van der Waals surface area contributed by atoms with Crippen molar-refractivity contribution in [1.29, 1.82) is 0 Å². The van der Waals surface area contributed by atoms with Crippen LogP contribution in [0.15, 0.2) is 60.8 Å². The number of aromatic nitrogens is 1. The number of para-hydroxylation sites is 1. The van der Waals surface area contributed by atoms with E-state index in [0.29, 0.717) is 10.9 Å². The molecule has 0 aliphatic carbocycles. The number of hydrogen-bond acceptors (Lipinski definition) is 2. The summed E-state index contributed by atoms with van der Waals surface area (Å²) in [7, 11) is 0. The van der Waals surface area contributed by atoms with Gasteiger partial charge in [0.05, 0.1) is 0 Å². The summed E-state index contributed by atoms with van der Waals surface area (Å²) in [6, 6.07) is 15.5. The van der Waals surface area contributed by atoms with Gasteiger partial charge < -0.3 is 0 Å². The zero-order chi connectivity index (χ0) is 20.4. The number of Topliss-reactive ketones (excluding diaryl/α,β-unsaturated/α-hetero) is 1. The van der Waals surface area contributed by atoms with Crippen molar-refractivity contribution in [1.82, 2.24) is 4.98 Å². The molecule has 1 heterocycles. The maximum absolute atomic E-state index is 13.9. The van der Waals surface area contributed by atoms with Crippen LogP contribution in [0.1, 0.15) is 31.4 Å². The Morgan fingerprint density at radius 1 is 1.00 bits per heavy atom. The summed E-state index contributed by atoms with van der Waals surface area (Å²) in [5.41, 5.74) is 0.421. The van der Waals surface area contributed by atoms with Gasteiger partial charge in [-0.05, 0) is 36.6 Å². The molecule has 2 nitrogen and oxygen atoms in total. The van der Waals surface area contributed by atoms with E-state index in [1.165, 1.54) is 12.3 Å². The summed E-state index contributed by atoms with van der Waals surface area (Å²) in [4.78, 5) is 17.2. The van der Waals surface area contributed by atoms with Crippen molar-refractivity contribution < 1.29 is 18.0 Å². The van der Waals surface area contributed by atoms with Gasteiger partial charge in [0.1, 0.15) is 17.1 Å². The number of rotatable bonds is 7. The third-order valence-electron chi connectivity index (χ3n) is 4.89. The predicted octanol–water partition coefficient (Wildman–Crippen LogP) is 5.78. The first-order valence-electron chi connectivity index (χ1n) is 9.14. The van der Waals surface area contributed by atoms with Gasteiger partial charge in [-0.2, -0.15) is 0 Å². The number of pyridine rings is 1. The van der Waals surface area contributed by atoms with E-state index < -0.39 is 23.6 Å². The highest BCUT2D eigenvalue weighted by molar-refractivity contribution is 5.88. The minimum absolute atomic E-state index is 0.0289. The molecule has 1 unspecified atom stereocenters. The van der Waals surface area contributed by atoms with Gasteiger partial charge in [0, 0.05) is 29.8 Å². The molecule has 2 aromatic carbocycles. The standard InChI is InChI=1S/C23H22F3NO/c1-22(15-23(2,25)26,13-16-7-4-3-5-8-16)20(28)12-17-11-18-9-6-10-19(24)21(18)27-14-17/h3-11,14H,12-13,15H2,1-2H3. The van der Waals surface area contributed by atoms with Crippen molar-refractivity contribution in [3.63, 3.8) is 0 Å². The molecule has 0 radical (unpaired) electrons. The first-order valence-corrected chi connectivity index (χ1v) is 9.14. The topological polar surface area (TPSA) is 30.0 Å². The largest absolute Gasteiger partial charge is 0.299 e. The third kappa shape index (κ3) is 4.77. The molecule has 0 saturated heterocycles. The number of halogens is 3. The van der Waals surface area contributed by atoms with E-state index in [1.54, 1.807) is 25.1 Å². The summed E-state index contributed by atoms with van der Waals surface area (Å²) in [5.74, 6) is -3.69. The Balaban J connectivity index is 1.88. The fourth-order valence-corrected chi connectivity index (χ4v) is 3.66. The average molecular weight is 385 g/mol. The van der Waals surface area contributed by atoms with Gasteiger partial charge >= 0.3 is 0 Å². The van der Waals surface area contributed by atoms with E-state index in [4.69, 9.17) is 0 Å². The predicted molar refractivity (Wildman–Crippen MR) is 104 cm³/mol. The summed E-state index contributed by atoms with van der Waals surface area (Å²) in [6.07, 6.45) is 1.10. The molecule has 0 N–H and O–H groups in total. The van der Waals surface area contributed by atoms with Crippen molar-refractivity contribution in [2.75, 3.05) is 0 Å². The smallest absolute Gasteiger partial charge is 0.246 e. The van der Waals surface area contributed by atoms with Gasteiger partial charge in [-0.25, -0.2) is 13.2 Å². The molecular weight excluding hydrogens is 363 g/mol. The summed E-state index contributed by atoms with van der Waals surface area (Å²) in [5, 5.41) is 0.580. The van der Waals surface area contributed by atoms with E-state index in [9.17, 15) is 18.0 Å². The molecule has 28 heavy (non-hydrogen) atoms. The maximum Gasteiger partial charge on any atom is 0.246 e. The zero-order valence-corrected chi connectivity index (χ0v) is 15.9. The average Bonchev–Trinajstić information content (AvgIpc) is 2.61. The summed E-state index contributed by atoms with van der Waals surface area (Å²) < 4.78 is 41.5. The normalized spacial score (nSPS) is 14.0. The summed E-state index contributed by atoms with van der Waals surface area (Å²) >= 11 is 0. The Morgan fingerprint density at radius 2 is 1.71 bits per heavy atom. The van der Waals surface area contributed by atoms with Crippen molar-refractivity contribution in [2.24, 2.45) is 5.41 Å². The minimum atomic E-state index is -2.97. The molecule has 0 aliphatic rings. The molecule has 1 aromatic heterocycles. The van der Waals surface area contributed by atoms with Crippen LogP contribution in [0.4, 0.5) is 13.2 Å². The lowest BCUT2D eigenvalue weighted by Crippen LogP contribution is -2.37. The molecule has 0 fully saturated rings. The van der Waals surface area contributed by atoms with Crippen LogP contribution in [0.25, 0.3) is 10.9 Å². The van der Waals surface area contributed by atoms with Gasteiger partial charge in [0.15, 0.2) is 0 Å². The fourth-order valence-electron chi connectivity index (χ4n) is 3.66. The number of benzene rings is 2. The molecule has 146 valence electrons. The first kappa shape index (κ1) is 20.1. The lowest BCUT2D eigenvalue weighted by Gasteiger charge is -2.31. The van der Waals surface area contributed by atoms with E-state index in [0.717, 1.165) is 12.5 Å². The van der Waals surface area contributed by atoms with Crippen molar-refractivity contribution >= 4 is 16.7 Å². The minimum Gasteiger partial charge on any atom is -0.299 e. The van der Waals surface area contributed by atoms with Crippen LogP contribution in [0, 0.1) is 11.2 Å². The SMILES string of the molecule is CC(F)(F)CC(C)(Cc1ccccc1)C(=O)Cc1cnc2c(F)cccc2c1. The Kier molecular flexibility index (Phi) is 5.54. The molecule has 0 aliphatic heterocycles. The molecule has 0 bridgehead atoms. The number of ketones is 1. The van der Waals surface area contributed by atoms with Crippen LogP contribution < -0.4 is 0 Å². The highest BCUT2D eigenvalue weighted by Crippen LogP contribution is 2.37. The molecular formula is C23H22F3NO. The van der Waals surface area contributed by atoms with Crippen LogP contribution in [0.2, 0.25) is 0 Å². The van der Waals surface area contributed by atoms with Crippen molar-refractivity contribution in [3.8, 4) is 0 Å². The van der Waals surface area contributed by atoms with Gasteiger partial charge in [0.25, 0.3) is 0 Å². The highest BCUT2D eigenvalue weighted by atomic mass is 19.3. The number of fused-ring (bicyclic) bond motifs is 1. The van der Waals surface area contributed by atoms with Crippen molar-refractivity contribution in [3.05, 3.63) is 77.7 Å². The van der Waals surface area contributed by atoms with E-state index >= 15 is 0 Å². The fraction of sp³-hybridized carbons (Fsp3) is 0.304. The van der Waals surface area contributed by atoms with Crippen molar-refractivity contribution in [2.45, 2.75) is 39.0 Å². The second kappa shape index (κ2) is 7.74. The zero-order valence-electron chi connectivity index (χ0n) is 15.9. The molecule has 5 heteroatoms. The summed E-state index contributed by atoms with van der Waals surface area (Å²) in [6.45, 7) is 2.43. The van der Waals surface area contributed by atoms with E-state index in [1.807, 2.05) is 30.3 Å². The number of carbonyl (C=O) groups is 1. The number of alkyl halides is 2. The quantitative estimate of drug-likeness (QED) is 0.516.